The van der Waals surface area contributed by atoms with Gasteiger partial charge in [-0.3, -0.25) is 0 Å². The van der Waals surface area contributed by atoms with Crippen molar-refractivity contribution in [1.29, 1.82) is 0 Å². The summed E-state index contributed by atoms with van der Waals surface area (Å²) in [6.07, 6.45) is 0. The molecule has 2 rings (SSSR count). The number of carboxylic acids is 1. The van der Waals surface area contributed by atoms with Crippen LogP contribution in [0.4, 0.5) is 0 Å². The van der Waals surface area contributed by atoms with Gasteiger partial charge in [0.2, 0.25) is 15.8 Å². The van der Waals surface area contributed by atoms with E-state index in [9.17, 15) is 13.2 Å². The quantitative estimate of drug-likeness (QED) is 0.864. The predicted octanol–water partition coefficient (Wildman–Crippen LogP) is 2.76. The van der Waals surface area contributed by atoms with Gasteiger partial charge in [0, 0.05) is 0 Å². The predicted molar refractivity (Wildman–Crippen MR) is 76.2 cm³/mol. The molecular formula is C12H9Cl2NO5S. The van der Waals surface area contributed by atoms with E-state index in [2.05, 4.69) is 4.72 Å². The zero-order valence-electron chi connectivity index (χ0n) is 10.3. The van der Waals surface area contributed by atoms with E-state index in [1.807, 2.05) is 0 Å². The van der Waals surface area contributed by atoms with Crippen molar-refractivity contribution in [2.45, 2.75) is 11.4 Å². The number of carboxylic acid groups (broad SMARTS) is 1. The Morgan fingerprint density at radius 3 is 2.57 bits per heavy atom. The molecule has 1 aromatic carbocycles. The van der Waals surface area contributed by atoms with Gasteiger partial charge in [0.25, 0.3) is 0 Å². The highest BCUT2D eigenvalue weighted by Gasteiger charge is 2.20. The first kappa shape index (κ1) is 15.8. The normalized spacial score (nSPS) is 11.5. The van der Waals surface area contributed by atoms with Gasteiger partial charge < -0.3 is 9.52 Å². The van der Waals surface area contributed by atoms with Crippen molar-refractivity contribution < 1.29 is 22.7 Å². The molecule has 0 amide bonds. The number of halogens is 2. The summed E-state index contributed by atoms with van der Waals surface area (Å²) in [5, 5.41) is 8.74. The molecule has 112 valence electrons. The van der Waals surface area contributed by atoms with Gasteiger partial charge in [-0.05, 0) is 24.3 Å². The number of hydrogen-bond acceptors (Lipinski definition) is 4. The summed E-state index contributed by atoms with van der Waals surface area (Å²) >= 11 is 11.6. The molecule has 0 fully saturated rings. The topological polar surface area (TPSA) is 96.6 Å². The molecule has 2 aromatic rings. The number of carbonyl (C=O) groups is 1. The second-order valence-corrected chi connectivity index (χ2v) is 6.47. The summed E-state index contributed by atoms with van der Waals surface area (Å²) in [5.74, 6) is -1.35. The van der Waals surface area contributed by atoms with Crippen LogP contribution in [0.25, 0.3) is 0 Å². The molecule has 1 heterocycles. The van der Waals surface area contributed by atoms with Crippen LogP contribution in [0.1, 0.15) is 16.3 Å². The minimum absolute atomic E-state index is 0.0858. The third-order valence-electron chi connectivity index (χ3n) is 2.51. The molecule has 0 aliphatic carbocycles. The number of nitrogens with one attached hydrogen (secondary N) is 1. The minimum atomic E-state index is -3.90. The van der Waals surface area contributed by atoms with Crippen LogP contribution in [0.15, 0.2) is 39.6 Å². The van der Waals surface area contributed by atoms with E-state index < -0.39 is 16.0 Å². The fourth-order valence-electron chi connectivity index (χ4n) is 1.52. The highest BCUT2D eigenvalue weighted by molar-refractivity contribution is 7.89. The van der Waals surface area contributed by atoms with Crippen molar-refractivity contribution in [3.63, 3.8) is 0 Å². The number of aromatic carboxylic acids is 1. The third-order valence-corrected chi connectivity index (χ3v) is 4.89. The molecule has 21 heavy (non-hydrogen) atoms. The zero-order chi connectivity index (χ0) is 15.6. The Morgan fingerprint density at radius 1 is 1.24 bits per heavy atom. The molecule has 0 atom stereocenters. The molecule has 0 radical (unpaired) electrons. The average molecular weight is 350 g/mol. The maximum absolute atomic E-state index is 12.1. The van der Waals surface area contributed by atoms with E-state index in [-0.39, 0.29) is 33.0 Å². The Bertz CT molecular complexity index is 785. The molecule has 0 saturated heterocycles. The van der Waals surface area contributed by atoms with Gasteiger partial charge in [0.1, 0.15) is 10.7 Å². The average Bonchev–Trinajstić information content (AvgIpc) is 2.88. The lowest BCUT2D eigenvalue weighted by Gasteiger charge is -2.08. The molecule has 9 heteroatoms. The molecule has 0 saturated carbocycles. The van der Waals surface area contributed by atoms with E-state index >= 15 is 0 Å². The molecule has 2 N–H and O–H groups in total. The first-order chi connectivity index (χ1) is 9.81. The maximum atomic E-state index is 12.1. The van der Waals surface area contributed by atoms with Crippen LogP contribution in [-0.2, 0) is 16.6 Å². The summed E-state index contributed by atoms with van der Waals surface area (Å²) in [4.78, 5) is 10.5. The Balaban J connectivity index is 2.18. The van der Waals surface area contributed by atoms with Crippen molar-refractivity contribution >= 4 is 39.2 Å². The van der Waals surface area contributed by atoms with Gasteiger partial charge in [-0.25, -0.2) is 17.9 Å². The number of benzene rings is 1. The monoisotopic (exact) mass is 349 g/mol. The maximum Gasteiger partial charge on any atom is 0.371 e. The lowest BCUT2D eigenvalue weighted by Crippen LogP contribution is -2.23. The number of hydrogen-bond donors (Lipinski definition) is 2. The van der Waals surface area contributed by atoms with Crippen LogP contribution in [0, 0.1) is 0 Å². The van der Waals surface area contributed by atoms with E-state index in [0.717, 1.165) is 0 Å². The largest absolute Gasteiger partial charge is 0.475 e. The van der Waals surface area contributed by atoms with Gasteiger partial charge in [-0.1, -0.05) is 29.3 Å². The van der Waals surface area contributed by atoms with Crippen LogP contribution >= 0.6 is 23.2 Å². The van der Waals surface area contributed by atoms with Crippen molar-refractivity contribution in [3.05, 3.63) is 51.9 Å². The summed E-state index contributed by atoms with van der Waals surface area (Å²) in [7, 11) is -3.90. The minimum Gasteiger partial charge on any atom is -0.475 e. The molecule has 0 bridgehead atoms. The molecule has 6 nitrogen and oxygen atoms in total. The smallest absolute Gasteiger partial charge is 0.371 e. The van der Waals surface area contributed by atoms with Gasteiger partial charge >= 0.3 is 5.97 Å². The SMILES string of the molecule is O=C(O)c1ccc(CNS(=O)(=O)c2cccc(Cl)c2Cl)o1. The van der Waals surface area contributed by atoms with Crippen molar-refractivity contribution in [1.82, 2.24) is 4.72 Å². The van der Waals surface area contributed by atoms with Crippen LogP contribution in [0.3, 0.4) is 0 Å². The Labute approximate surface area is 130 Å². The van der Waals surface area contributed by atoms with E-state index in [1.54, 1.807) is 0 Å². The third kappa shape index (κ3) is 3.56. The standard InChI is InChI=1S/C12H9Cl2NO5S/c13-8-2-1-3-10(11(8)14)21(18,19)15-6-7-4-5-9(20-7)12(16)17/h1-5,15H,6H2,(H,16,17). The Morgan fingerprint density at radius 2 is 1.95 bits per heavy atom. The Kier molecular flexibility index (Phi) is 4.58. The van der Waals surface area contributed by atoms with E-state index in [0.29, 0.717) is 0 Å². The first-order valence-corrected chi connectivity index (χ1v) is 7.81. The van der Waals surface area contributed by atoms with E-state index in [1.165, 1.54) is 30.3 Å². The molecule has 0 spiro atoms. The lowest BCUT2D eigenvalue weighted by molar-refractivity contribution is 0.0660. The molecule has 0 unspecified atom stereocenters. The number of furan rings is 1. The highest BCUT2D eigenvalue weighted by Crippen LogP contribution is 2.28. The lowest BCUT2D eigenvalue weighted by atomic mass is 10.4. The van der Waals surface area contributed by atoms with Crippen LogP contribution in [0.5, 0.6) is 0 Å². The van der Waals surface area contributed by atoms with Gasteiger partial charge in [0.15, 0.2) is 0 Å². The van der Waals surface area contributed by atoms with Crippen molar-refractivity contribution in [3.8, 4) is 0 Å². The van der Waals surface area contributed by atoms with Crippen LogP contribution < -0.4 is 4.72 Å². The van der Waals surface area contributed by atoms with Crippen LogP contribution in [0.2, 0.25) is 10.0 Å². The van der Waals surface area contributed by atoms with Gasteiger partial charge in [-0.15, -0.1) is 0 Å². The molecule has 0 aliphatic rings. The summed E-state index contributed by atoms with van der Waals surface area (Å²) in [6.45, 7) is -0.210. The van der Waals surface area contributed by atoms with Crippen molar-refractivity contribution in [2.24, 2.45) is 0 Å². The second-order valence-electron chi connectivity index (χ2n) is 3.95. The Hall–Kier alpha value is -1.54. The van der Waals surface area contributed by atoms with Gasteiger partial charge in [0.05, 0.1) is 16.6 Å². The first-order valence-electron chi connectivity index (χ1n) is 5.57. The second kappa shape index (κ2) is 6.07. The number of sulfonamides is 1. The molecule has 0 aliphatic heterocycles. The fourth-order valence-corrected chi connectivity index (χ4v) is 3.28. The highest BCUT2D eigenvalue weighted by atomic mass is 35.5. The zero-order valence-corrected chi connectivity index (χ0v) is 12.7. The molecular weight excluding hydrogens is 341 g/mol. The number of rotatable bonds is 5. The van der Waals surface area contributed by atoms with Crippen LogP contribution in [-0.4, -0.2) is 19.5 Å². The van der Waals surface area contributed by atoms with Crippen molar-refractivity contribution in [2.75, 3.05) is 0 Å². The summed E-state index contributed by atoms with van der Waals surface area (Å²) in [6, 6.07) is 6.83. The summed E-state index contributed by atoms with van der Waals surface area (Å²) < 4.78 is 31.4. The van der Waals surface area contributed by atoms with Gasteiger partial charge in [-0.2, -0.15) is 0 Å². The summed E-state index contributed by atoms with van der Waals surface area (Å²) in [5.41, 5.74) is 0. The fraction of sp³-hybridized carbons (Fsp3) is 0.0833. The molecule has 1 aromatic heterocycles. The van der Waals surface area contributed by atoms with E-state index in [4.69, 9.17) is 32.7 Å².